The number of benzene rings is 2. The van der Waals surface area contributed by atoms with Crippen LogP contribution in [0.25, 0.3) is 16.6 Å². The van der Waals surface area contributed by atoms with Crippen molar-refractivity contribution in [2.24, 2.45) is 0 Å². The number of aryl methyl sites for hydroxylation is 1. The zero-order chi connectivity index (χ0) is 27.8. The van der Waals surface area contributed by atoms with Gasteiger partial charge in [-0.25, -0.2) is 9.97 Å². The van der Waals surface area contributed by atoms with E-state index in [4.69, 9.17) is 4.74 Å². The summed E-state index contributed by atoms with van der Waals surface area (Å²) in [6.07, 6.45) is 3.71. The number of anilines is 1. The molecule has 3 amide bonds. The van der Waals surface area contributed by atoms with E-state index in [1.165, 1.54) is 4.57 Å². The van der Waals surface area contributed by atoms with E-state index in [0.717, 1.165) is 5.56 Å². The molecule has 4 heterocycles. The number of imide groups is 1. The van der Waals surface area contributed by atoms with Gasteiger partial charge in [0.05, 0.1) is 11.1 Å². The molecule has 11 heteroatoms. The number of pyridine rings is 1. The van der Waals surface area contributed by atoms with Crippen molar-refractivity contribution in [2.45, 2.75) is 32.4 Å². The van der Waals surface area contributed by atoms with Crippen molar-refractivity contribution < 1.29 is 19.1 Å². The number of carbonyl (C=O) groups excluding carboxylic acids is 3. The van der Waals surface area contributed by atoms with Crippen molar-refractivity contribution in [1.82, 2.24) is 24.3 Å². The Balaban J connectivity index is 1.29. The third kappa shape index (κ3) is 4.57. The van der Waals surface area contributed by atoms with Gasteiger partial charge >= 0.3 is 0 Å². The molecule has 40 heavy (non-hydrogen) atoms. The van der Waals surface area contributed by atoms with Crippen molar-refractivity contribution in [3.05, 3.63) is 100 Å². The van der Waals surface area contributed by atoms with Gasteiger partial charge < -0.3 is 14.5 Å². The van der Waals surface area contributed by atoms with E-state index in [-0.39, 0.29) is 35.3 Å². The normalized spacial score (nSPS) is 15.3. The summed E-state index contributed by atoms with van der Waals surface area (Å²) in [6, 6.07) is 17.4. The van der Waals surface area contributed by atoms with Crippen LogP contribution in [0.4, 0.5) is 5.69 Å². The molecule has 6 rings (SSSR count). The Morgan fingerprint density at radius 3 is 2.67 bits per heavy atom. The highest BCUT2D eigenvalue weighted by atomic mass is 16.5. The fraction of sp³-hybridized carbons (Fsp3) is 0.172. The molecular weight excluding hydrogens is 512 g/mol. The molecular formula is C29H24N6O5. The van der Waals surface area contributed by atoms with Gasteiger partial charge in [0.2, 0.25) is 11.8 Å². The number of fused-ring (bicyclic) bond motifs is 2. The van der Waals surface area contributed by atoms with Crippen molar-refractivity contribution in [1.29, 1.82) is 0 Å². The lowest BCUT2D eigenvalue weighted by Crippen LogP contribution is -2.45. The number of carbonyl (C=O) groups is 3. The maximum Gasteiger partial charge on any atom is 0.275 e. The molecule has 1 atom stereocenters. The summed E-state index contributed by atoms with van der Waals surface area (Å²) in [5, 5.41) is 5.33. The zero-order valence-electron chi connectivity index (χ0n) is 21.5. The Bertz CT molecular complexity index is 1860. The Hall–Kier alpha value is -5.32. The van der Waals surface area contributed by atoms with Gasteiger partial charge in [0, 0.05) is 18.8 Å². The average Bonchev–Trinajstić information content (AvgIpc) is 3.39. The third-order valence-electron chi connectivity index (χ3n) is 6.79. The number of amides is 3. The number of imidazole rings is 1. The van der Waals surface area contributed by atoms with E-state index in [9.17, 15) is 19.2 Å². The van der Waals surface area contributed by atoms with Crippen molar-refractivity contribution in [3.63, 3.8) is 0 Å². The molecule has 1 unspecified atom stereocenters. The number of rotatable bonds is 6. The van der Waals surface area contributed by atoms with Crippen LogP contribution in [0.15, 0.2) is 77.9 Å². The minimum atomic E-state index is -0.836. The van der Waals surface area contributed by atoms with Gasteiger partial charge in [-0.15, -0.1) is 0 Å². The lowest BCUT2D eigenvalue weighted by Gasteiger charge is -2.24. The predicted molar refractivity (Wildman–Crippen MR) is 146 cm³/mol. The van der Waals surface area contributed by atoms with Crippen LogP contribution in [0.5, 0.6) is 5.75 Å². The molecule has 0 spiro atoms. The Kier molecular flexibility index (Phi) is 6.31. The number of nitrogens with zero attached hydrogens (tertiary/aromatic N) is 4. The molecule has 200 valence electrons. The first-order chi connectivity index (χ1) is 19.4. The van der Waals surface area contributed by atoms with Gasteiger partial charge in [0.25, 0.3) is 11.5 Å². The largest absolute Gasteiger partial charge is 0.485 e. The lowest BCUT2D eigenvalue weighted by atomic mass is 10.1. The smallest absolute Gasteiger partial charge is 0.275 e. The van der Waals surface area contributed by atoms with Crippen LogP contribution >= 0.6 is 0 Å². The molecule has 11 nitrogen and oxygen atoms in total. The molecule has 0 aliphatic carbocycles. The van der Waals surface area contributed by atoms with Gasteiger partial charge in [-0.1, -0.05) is 36.4 Å². The predicted octanol–water partition coefficient (Wildman–Crippen LogP) is 3.16. The SMILES string of the molecule is Cc1nc2c(NC(=O)c3cn4cccc(OCc5ccccc5)c4n3)cccc2c(=O)n1C1CCC(=O)NC1=O. The van der Waals surface area contributed by atoms with Crippen LogP contribution in [0.3, 0.4) is 0 Å². The van der Waals surface area contributed by atoms with E-state index < -0.39 is 23.4 Å². The second-order valence-corrected chi connectivity index (χ2v) is 9.46. The molecule has 2 aromatic carbocycles. The number of para-hydroxylation sites is 1. The summed E-state index contributed by atoms with van der Waals surface area (Å²) < 4.78 is 8.97. The van der Waals surface area contributed by atoms with Gasteiger partial charge in [-0.3, -0.25) is 29.1 Å². The van der Waals surface area contributed by atoms with E-state index in [1.807, 2.05) is 36.4 Å². The van der Waals surface area contributed by atoms with Crippen LogP contribution in [0, 0.1) is 6.92 Å². The molecule has 0 radical (unpaired) electrons. The summed E-state index contributed by atoms with van der Waals surface area (Å²) in [6.45, 7) is 1.97. The topological polar surface area (TPSA) is 137 Å². The van der Waals surface area contributed by atoms with Crippen LogP contribution in [0.2, 0.25) is 0 Å². The monoisotopic (exact) mass is 536 g/mol. The first-order valence-corrected chi connectivity index (χ1v) is 12.7. The fourth-order valence-corrected chi connectivity index (χ4v) is 4.86. The molecule has 1 aliphatic rings. The van der Waals surface area contributed by atoms with E-state index in [0.29, 0.717) is 29.5 Å². The van der Waals surface area contributed by atoms with Gasteiger partial charge in [0.1, 0.15) is 29.7 Å². The standard InChI is InChI=1S/C29H24N6O5/c1-17-30-25-19(29(39)35(17)22-12-13-24(36)33-28(22)38)9-5-10-20(25)32-27(37)21-15-34-14-6-11-23(26(34)31-21)40-16-18-7-3-2-4-8-18/h2-11,14-15,22H,12-13,16H2,1H3,(H,32,37)(H,33,36,38). The number of hydrogen-bond donors (Lipinski definition) is 2. The van der Waals surface area contributed by atoms with Gasteiger partial charge in [-0.05, 0) is 43.2 Å². The number of nitrogens with one attached hydrogen (secondary N) is 2. The second-order valence-electron chi connectivity index (χ2n) is 9.46. The zero-order valence-corrected chi connectivity index (χ0v) is 21.5. The van der Waals surface area contributed by atoms with Crippen molar-refractivity contribution >= 4 is 40.0 Å². The summed E-state index contributed by atoms with van der Waals surface area (Å²) in [5.74, 6) is -0.568. The number of ether oxygens (including phenoxy) is 1. The van der Waals surface area contributed by atoms with E-state index in [1.54, 1.807) is 48.0 Å². The minimum Gasteiger partial charge on any atom is -0.485 e. The molecule has 3 aromatic heterocycles. The molecule has 1 fully saturated rings. The fourth-order valence-electron chi connectivity index (χ4n) is 4.86. The summed E-state index contributed by atoms with van der Waals surface area (Å²) >= 11 is 0. The molecule has 2 N–H and O–H groups in total. The molecule has 1 saturated heterocycles. The Morgan fingerprint density at radius 1 is 1.05 bits per heavy atom. The maximum atomic E-state index is 13.4. The molecule has 0 saturated carbocycles. The summed E-state index contributed by atoms with van der Waals surface area (Å²) in [4.78, 5) is 59.7. The highest BCUT2D eigenvalue weighted by Crippen LogP contribution is 2.25. The van der Waals surface area contributed by atoms with Crippen LogP contribution in [-0.4, -0.2) is 36.7 Å². The highest BCUT2D eigenvalue weighted by molar-refractivity contribution is 6.07. The highest BCUT2D eigenvalue weighted by Gasteiger charge is 2.30. The lowest BCUT2D eigenvalue weighted by molar-refractivity contribution is -0.135. The second kappa shape index (κ2) is 10.1. The first kappa shape index (κ1) is 25.0. The summed E-state index contributed by atoms with van der Waals surface area (Å²) in [5.41, 5.74) is 1.84. The Morgan fingerprint density at radius 2 is 1.88 bits per heavy atom. The quantitative estimate of drug-likeness (QED) is 0.318. The van der Waals surface area contributed by atoms with Crippen LogP contribution < -0.4 is 20.9 Å². The number of hydrogen-bond acceptors (Lipinski definition) is 7. The van der Waals surface area contributed by atoms with Crippen molar-refractivity contribution in [2.75, 3.05) is 5.32 Å². The first-order valence-electron chi connectivity index (χ1n) is 12.7. The Labute approximate surface area is 227 Å². The van der Waals surface area contributed by atoms with Crippen molar-refractivity contribution in [3.8, 4) is 5.75 Å². The van der Waals surface area contributed by atoms with Crippen LogP contribution in [0.1, 0.15) is 40.8 Å². The summed E-state index contributed by atoms with van der Waals surface area (Å²) in [7, 11) is 0. The van der Waals surface area contributed by atoms with E-state index in [2.05, 4.69) is 20.6 Å². The number of aromatic nitrogens is 4. The van der Waals surface area contributed by atoms with E-state index >= 15 is 0 Å². The molecule has 0 bridgehead atoms. The minimum absolute atomic E-state index is 0.133. The van der Waals surface area contributed by atoms with Gasteiger partial charge in [-0.2, -0.15) is 0 Å². The molecule has 1 aliphatic heterocycles. The molecule has 5 aromatic rings. The third-order valence-corrected chi connectivity index (χ3v) is 6.79. The van der Waals surface area contributed by atoms with Gasteiger partial charge in [0.15, 0.2) is 11.4 Å². The maximum absolute atomic E-state index is 13.4. The average molecular weight is 537 g/mol. The number of piperidine rings is 1. The van der Waals surface area contributed by atoms with Crippen LogP contribution in [-0.2, 0) is 16.2 Å².